The number of thioether (sulfide) groups is 1. The van der Waals surface area contributed by atoms with Gasteiger partial charge in [-0.2, -0.15) is 4.98 Å². The Morgan fingerprint density at radius 3 is 2.62 bits per heavy atom. The van der Waals surface area contributed by atoms with Crippen molar-refractivity contribution >= 4 is 33.3 Å². The summed E-state index contributed by atoms with van der Waals surface area (Å²) < 4.78 is 31.5. The summed E-state index contributed by atoms with van der Waals surface area (Å²) in [6.45, 7) is 0. The normalized spacial score (nSPS) is 11.1. The van der Waals surface area contributed by atoms with Crippen molar-refractivity contribution in [2.24, 2.45) is 0 Å². The number of methoxy groups -OCH3 is 2. The summed E-state index contributed by atoms with van der Waals surface area (Å²) in [6, 6.07) is 12.8. The van der Waals surface area contributed by atoms with Gasteiger partial charge in [-0.15, -0.1) is 11.3 Å². The lowest BCUT2D eigenvalue weighted by molar-refractivity contribution is 0.355. The molecule has 0 aliphatic heterocycles. The average molecular weight is 497 g/mol. The van der Waals surface area contributed by atoms with E-state index >= 15 is 0 Å². The zero-order chi connectivity index (χ0) is 23.7. The second-order valence-electron chi connectivity index (χ2n) is 7.02. The molecular weight excluding hydrogens is 479 g/mol. The van der Waals surface area contributed by atoms with Gasteiger partial charge < -0.3 is 14.0 Å². The molecule has 3 aromatic heterocycles. The molecule has 0 atom stereocenters. The molecule has 0 saturated heterocycles. The van der Waals surface area contributed by atoms with Crippen LogP contribution in [0, 0.1) is 5.82 Å². The third-order valence-electron chi connectivity index (χ3n) is 4.97. The Bertz CT molecular complexity index is 1530. The predicted molar refractivity (Wildman–Crippen MR) is 128 cm³/mol. The number of benzene rings is 2. The van der Waals surface area contributed by atoms with E-state index in [9.17, 15) is 9.18 Å². The molecule has 0 spiro atoms. The van der Waals surface area contributed by atoms with Gasteiger partial charge in [0, 0.05) is 5.56 Å². The van der Waals surface area contributed by atoms with E-state index in [-0.39, 0.29) is 17.1 Å². The Hall–Kier alpha value is -3.70. The summed E-state index contributed by atoms with van der Waals surface area (Å²) >= 11 is 2.59. The molecule has 34 heavy (non-hydrogen) atoms. The number of rotatable bonds is 7. The second kappa shape index (κ2) is 9.27. The SMILES string of the molecule is COc1ccc(-c2noc(CSc3nc4ccsc4c(=O)n3-c3ccc(F)cc3)n2)cc1OC. The number of thiophene rings is 1. The van der Waals surface area contributed by atoms with Gasteiger partial charge in [-0.25, -0.2) is 9.37 Å². The van der Waals surface area contributed by atoms with Crippen LogP contribution >= 0.6 is 23.1 Å². The predicted octanol–water partition coefficient (Wildman–Crippen LogP) is 4.95. The minimum Gasteiger partial charge on any atom is -0.493 e. The highest BCUT2D eigenvalue weighted by Gasteiger charge is 2.17. The standard InChI is InChI=1S/C23H17FN4O4S2/c1-30-17-8-3-13(11-18(17)31-2)21-26-19(32-27-21)12-34-23-25-16-9-10-33-20(16)22(29)28(23)15-6-4-14(24)5-7-15/h3-11H,12H2,1-2H3. The first-order valence-corrected chi connectivity index (χ1v) is 11.9. The first-order chi connectivity index (χ1) is 16.6. The molecule has 0 radical (unpaired) electrons. The number of fused-ring (bicyclic) bond motifs is 1. The van der Waals surface area contributed by atoms with E-state index in [1.165, 1.54) is 39.8 Å². The third-order valence-corrected chi connectivity index (χ3v) is 6.78. The molecule has 0 unspecified atom stereocenters. The Morgan fingerprint density at radius 1 is 1.06 bits per heavy atom. The summed E-state index contributed by atoms with van der Waals surface area (Å²) in [5.74, 6) is 1.80. The molecule has 0 aliphatic rings. The molecule has 8 nitrogen and oxygen atoms in total. The van der Waals surface area contributed by atoms with Gasteiger partial charge >= 0.3 is 0 Å². The van der Waals surface area contributed by atoms with Crippen LogP contribution in [0.3, 0.4) is 0 Å². The van der Waals surface area contributed by atoms with Crippen LogP contribution in [0.5, 0.6) is 11.5 Å². The summed E-state index contributed by atoms with van der Waals surface area (Å²) in [4.78, 5) is 22.3. The highest BCUT2D eigenvalue weighted by Crippen LogP contribution is 2.32. The molecule has 0 saturated carbocycles. The van der Waals surface area contributed by atoms with Crippen LogP contribution < -0.4 is 15.0 Å². The number of hydrogen-bond acceptors (Lipinski definition) is 9. The maximum absolute atomic E-state index is 13.5. The van der Waals surface area contributed by atoms with Gasteiger partial charge in [-0.05, 0) is 53.9 Å². The highest BCUT2D eigenvalue weighted by molar-refractivity contribution is 7.98. The smallest absolute Gasteiger partial charge is 0.276 e. The van der Waals surface area contributed by atoms with Crippen LogP contribution in [-0.4, -0.2) is 33.9 Å². The van der Waals surface area contributed by atoms with Crippen LogP contribution in [0.25, 0.3) is 27.3 Å². The summed E-state index contributed by atoms with van der Waals surface area (Å²) in [5, 5.41) is 6.31. The summed E-state index contributed by atoms with van der Waals surface area (Å²) in [5.41, 5.74) is 1.62. The number of ether oxygens (including phenoxy) is 2. The molecule has 5 aromatic rings. The van der Waals surface area contributed by atoms with Crippen LogP contribution in [0.2, 0.25) is 0 Å². The van der Waals surface area contributed by atoms with E-state index in [1.807, 2.05) is 5.38 Å². The highest BCUT2D eigenvalue weighted by atomic mass is 32.2. The fraction of sp³-hybridized carbons (Fsp3) is 0.130. The zero-order valence-electron chi connectivity index (χ0n) is 18.0. The summed E-state index contributed by atoms with van der Waals surface area (Å²) in [7, 11) is 3.12. The van der Waals surface area contributed by atoms with Crippen molar-refractivity contribution in [2.75, 3.05) is 14.2 Å². The van der Waals surface area contributed by atoms with Gasteiger partial charge in [0.25, 0.3) is 5.56 Å². The van der Waals surface area contributed by atoms with E-state index in [1.54, 1.807) is 50.6 Å². The minimum atomic E-state index is -0.385. The molecule has 2 aromatic carbocycles. The number of aromatic nitrogens is 4. The van der Waals surface area contributed by atoms with Gasteiger partial charge in [-0.3, -0.25) is 9.36 Å². The van der Waals surface area contributed by atoms with E-state index < -0.39 is 0 Å². The molecule has 5 rings (SSSR count). The van der Waals surface area contributed by atoms with Gasteiger partial charge in [-0.1, -0.05) is 16.9 Å². The van der Waals surface area contributed by atoms with Gasteiger partial charge in [0.1, 0.15) is 10.5 Å². The number of halogens is 1. The maximum Gasteiger partial charge on any atom is 0.276 e. The summed E-state index contributed by atoms with van der Waals surface area (Å²) in [6.07, 6.45) is 0. The van der Waals surface area contributed by atoms with Crippen LogP contribution in [-0.2, 0) is 5.75 Å². The van der Waals surface area contributed by atoms with Crippen LogP contribution in [0.4, 0.5) is 4.39 Å². The minimum absolute atomic E-state index is 0.217. The van der Waals surface area contributed by atoms with E-state index in [0.717, 1.165) is 0 Å². The maximum atomic E-state index is 13.5. The second-order valence-corrected chi connectivity index (χ2v) is 8.88. The molecule has 0 N–H and O–H groups in total. The molecule has 11 heteroatoms. The van der Waals surface area contributed by atoms with Crippen molar-refractivity contribution in [1.82, 2.24) is 19.7 Å². The monoisotopic (exact) mass is 496 g/mol. The van der Waals surface area contributed by atoms with Crippen molar-refractivity contribution in [3.63, 3.8) is 0 Å². The van der Waals surface area contributed by atoms with Crippen molar-refractivity contribution in [1.29, 1.82) is 0 Å². The fourth-order valence-electron chi connectivity index (χ4n) is 3.34. The Morgan fingerprint density at radius 2 is 1.85 bits per heavy atom. The average Bonchev–Trinajstić information content (AvgIpc) is 3.53. The van der Waals surface area contributed by atoms with Crippen LogP contribution in [0.1, 0.15) is 5.89 Å². The number of hydrogen-bond donors (Lipinski definition) is 0. The van der Waals surface area contributed by atoms with Gasteiger partial charge in [0.05, 0.1) is 31.2 Å². The van der Waals surface area contributed by atoms with E-state index in [2.05, 4.69) is 15.1 Å². The van der Waals surface area contributed by atoms with E-state index in [0.29, 0.717) is 49.8 Å². The van der Waals surface area contributed by atoms with Crippen molar-refractivity contribution in [3.05, 3.63) is 76.0 Å². The quantitative estimate of drug-likeness (QED) is 0.231. The third kappa shape index (κ3) is 4.15. The Labute approximate surface area is 201 Å². The van der Waals surface area contributed by atoms with Crippen molar-refractivity contribution in [3.8, 4) is 28.6 Å². The lowest BCUT2D eigenvalue weighted by Gasteiger charge is -2.11. The fourth-order valence-corrected chi connectivity index (χ4v) is 4.95. The Balaban J connectivity index is 1.45. The van der Waals surface area contributed by atoms with Gasteiger partial charge in [0.15, 0.2) is 16.7 Å². The Kier molecular flexibility index (Phi) is 6.03. The topological polar surface area (TPSA) is 92.3 Å². The molecule has 3 heterocycles. The largest absolute Gasteiger partial charge is 0.493 e. The lowest BCUT2D eigenvalue weighted by atomic mass is 10.2. The molecule has 0 amide bonds. The van der Waals surface area contributed by atoms with Crippen molar-refractivity contribution < 1.29 is 18.4 Å². The molecule has 0 fully saturated rings. The first kappa shape index (κ1) is 22.1. The molecule has 0 bridgehead atoms. The van der Waals surface area contributed by atoms with Gasteiger partial charge in [0.2, 0.25) is 11.7 Å². The zero-order valence-corrected chi connectivity index (χ0v) is 19.7. The number of nitrogens with zero attached hydrogens (tertiary/aromatic N) is 4. The van der Waals surface area contributed by atoms with E-state index in [4.69, 9.17) is 14.0 Å². The van der Waals surface area contributed by atoms with Crippen molar-refractivity contribution in [2.45, 2.75) is 10.9 Å². The first-order valence-electron chi connectivity index (χ1n) is 10.0. The molecular formula is C23H17FN4O4S2. The molecule has 0 aliphatic carbocycles. The van der Waals surface area contributed by atoms with Crippen LogP contribution in [0.15, 0.2) is 68.4 Å². The lowest BCUT2D eigenvalue weighted by Crippen LogP contribution is -2.20. The molecule has 172 valence electrons.